The van der Waals surface area contributed by atoms with E-state index in [1.165, 1.54) is 0 Å². The molecule has 1 heterocycles. The van der Waals surface area contributed by atoms with E-state index in [1.807, 2.05) is 4.90 Å². The first-order valence-electron chi connectivity index (χ1n) is 5.13. The Morgan fingerprint density at radius 2 is 2.13 bits per heavy atom. The lowest BCUT2D eigenvalue weighted by atomic mass is 10.1. The largest absolute Gasteiger partial charge is 0.338 e. The number of amides is 3. The molecule has 0 spiro atoms. The van der Waals surface area contributed by atoms with Gasteiger partial charge in [0.15, 0.2) is 0 Å². The van der Waals surface area contributed by atoms with Crippen molar-refractivity contribution in [3.63, 3.8) is 0 Å². The topological polar surface area (TPSA) is 87.5 Å². The van der Waals surface area contributed by atoms with Crippen LogP contribution in [0.3, 0.4) is 0 Å². The molecule has 1 rings (SSSR count). The fraction of sp³-hybridized carbons (Fsp3) is 0.778. The lowest BCUT2D eigenvalue weighted by Crippen LogP contribution is -2.62. The molecular weight excluding hydrogens is 196 g/mol. The van der Waals surface area contributed by atoms with Crippen LogP contribution in [0.5, 0.6) is 0 Å². The molecule has 6 heteroatoms. The van der Waals surface area contributed by atoms with E-state index < -0.39 is 6.03 Å². The average molecular weight is 214 g/mol. The molecule has 86 valence electrons. The number of hydrogen-bond acceptors (Lipinski definition) is 4. The van der Waals surface area contributed by atoms with E-state index in [2.05, 4.69) is 10.6 Å². The fourth-order valence-electron chi connectivity index (χ4n) is 1.45. The minimum absolute atomic E-state index is 0.157. The van der Waals surface area contributed by atoms with E-state index in [4.69, 9.17) is 5.73 Å². The summed E-state index contributed by atoms with van der Waals surface area (Å²) in [5, 5.41) is 4.77. The van der Waals surface area contributed by atoms with Gasteiger partial charge in [-0.2, -0.15) is 0 Å². The maximum absolute atomic E-state index is 11.5. The van der Waals surface area contributed by atoms with Crippen LogP contribution in [0.4, 0.5) is 4.79 Å². The van der Waals surface area contributed by atoms with Crippen LogP contribution in [-0.4, -0.2) is 48.6 Å². The van der Waals surface area contributed by atoms with Gasteiger partial charge in [-0.3, -0.25) is 15.0 Å². The molecule has 15 heavy (non-hydrogen) atoms. The zero-order chi connectivity index (χ0) is 11.4. The molecule has 0 aromatic rings. The Balaban J connectivity index is 2.30. The van der Waals surface area contributed by atoms with Gasteiger partial charge in [-0.05, 0) is 13.8 Å². The molecule has 1 fully saturated rings. The maximum atomic E-state index is 11.5. The Hall–Kier alpha value is -1.14. The van der Waals surface area contributed by atoms with Crippen LogP contribution in [0.25, 0.3) is 0 Å². The fourth-order valence-corrected chi connectivity index (χ4v) is 1.45. The Bertz CT molecular complexity index is 250. The normalized spacial score (nSPS) is 19.1. The molecule has 0 radical (unpaired) electrons. The molecule has 4 N–H and O–H groups in total. The molecule has 0 aliphatic carbocycles. The molecular formula is C9H18N4O2. The zero-order valence-electron chi connectivity index (χ0n) is 9.12. The van der Waals surface area contributed by atoms with Crippen molar-refractivity contribution in [2.45, 2.75) is 25.9 Å². The van der Waals surface area contributed by atoms with Crippen LogP contribution in [0.1, 0.15) is 13.8 Å². The summed E-state index contributed by atoms with van der Waals surface area (Å²) in [5.41, 5.74) is 5.60. The van der Waals surface area contributed by atoms with Gasteiger partial charge in [0, 0.05) is 25.7 Å². The number of imide groups is 1. The molecule has 0 aromatic carbocycles. The minimum atomic E-state index is -0.445. The van der Waals surface area contributed by atoms with Crippen LogP contribution in [0, 0.1) is 0 Å². The van der Waals surface area contributed by atoms with Crippen LogP contribution in [-0.2, 0) is 4.79 Å². The van der Waals surface area contributed by atoms with E-state index in [1.54, 1.807) is 13.8 Å². The van der Waals surface area contributed by atoms with Gasteiger partial charge in [0.1, 0.15) is 0 Å². The molecule has 1 aliphatic rings. The number of nitrogens with two attached hydrogens (primary N) is 1. The van der Waals surface area contributed by atoms with Crippen molar-refractivity contribution in [3.05, 3.63) is 0 Å². The first-order chi connectivity index (χ1) is 7.04. The number of urea groups is 1. The molecule has 1 aliphatic heterocycles. The summed E-state index contributed by atoms with van der Waals surface area (Å²) in [4.78, 5) is 24.5. The van der Waals surface area contributed by atoms with Crippen molar-refractivity contribution in [3.8, 4) is 0 Å². The Morgan fingerprint density at radius 1 is 1.53 bits per heavy atom. The van der Waals surface area contributed by atoms with Crippen LogP contribution < -0.4 is 16.4 Å². The average Bonchev–Trinajstić information content (AvgIpc) is 2.12. The molecule has 6 nitrogen and oxygen atoms in total. The van der Waals surface area contributed by atoms with Crippen molar-refractivity contribution in [2.24, 2.45) is 5.73 Å². The maximum Gasteiger partial charge on any atom is 0.321 e. The lowest BCUT2D eigenvalue weighted by Gasteiger charge is -2.40. The highest BCUT2D eigenvalue weighted by atomic mass is 16.2. The highest BCUT2D eigenvalue weighted by Crippen LogP contribution is 2.09. The number of nitrogens with one attached hydrogen (secondary N) is 2. The van der Waals surface area contributed by atoms with Gasteiger partial charge in [-0.1, -0.05) is 0 Å². The summed E-state index contributed by atoms with van der Waals surface area (Å²) in [6.45, 7) is 5.48. The van der Waals surface area contributed by atoms with E-state index >= 15 is 0 Å². The third kappa shape index (κ3) is 3.17. The molecule has 1 unspecified atom stereocenters. The standard InChI is InChI=1S/C9H18N4O2/c1-3-11-9(15)12-8(14)6(2)13-4-7(10)5-13/h6-7H,3-5,10H2,1-2H3,(H2,11,12,14,15). The zero-order valence-corrected chi connectivity index (χ0v) is 9.12. The number of hydrogen-bond donors (Lipinski definition) is 3. The van der Waals surface area contributed by atoms with Gasteiger partial charge in [0.05, 0.1) is 6.04 Å². The van der Waals surface area contributed by atoms with E-state index in [9.17, 15) is 9.59 Å². The molecule has 1 atom stereocenters. The van der Waals surface area contributed by atoms with Crippen molar-refractivity contribution in [2.75, 3.05) is 19.6 Å². The summed E-state index contributed by atoms with van der Waals surface area (Å²) >= 11 is 0. The predicted octanol–water partition coefficient (Wildman–Crippen LogP) is -1.14. The molecule has 1 saturated heterocycles. The first-order valence-corrected chi connectivity index (χ1v) is 5.13. The van der Waals surface area contributed by atoms with Crippen molar-refractivity contribution in [1.82, 2.24) is 15.5 Å². The highest BCUT2D eigenvalue weighted by Gasteiger charge is 2.31. The van der Waals surface area contributed by atoms with Crippen molar-refractivity contribution >= 4 is 11.9 Å². The SMILES string of the molecule is CCNC(=O)NC(=O)C(C)N1CC(N)C1. The second kappa shape index (κ2) is 5.09. The second-order valence-electron chi connectivity index (χ2n) is 3.74. The van der Waals surface area contributed by atoms with Gasteiger partial charge >= 0.3 is 6.03 Å². The lowest BCUT2D eigenvalue weighted by molar-refractivity contribution is -0.126. The Morgan fingerprint density at radius 3 is 2.60 bits per heavy atom. The second-order valence-corrected chi connectivity index (χ2v) is 3.74. The summed E-state index contributed by atoms with van der Waals surface area (Å²) < 4.78 is 0. The van der Waals surface area contributed by atoms with Crippen molar-refractivity contribution < 1.29 is 9.59 Å². The third-order valence-electron chi connectivity index (χ3n) is 2.44. The van der Waals surface area contributed by atoms with Crippen LogP contribution in [0.15, 0.2) is 0 Å². The molecule has 0 bridgehead atoms. The summed E-state index contributed by atoms with van der Waals surface area (Å²) in [5.74, 6) is -0.284. The number of nitrogens with zero attached hydrogens (tertiary/aromatic N) is 1. The van der Waals surface area contributed by atoms with Gasteiger partial charge in [-0.15, -0.1) is 0 Å². The monoisotopic (exact) mass is 214 g/mol. The molecule has 3 amide bonds. The van der Waals surface area contributed by atoms with E-state index in [-0.39, 0.29) is 18.0 Å². The predicted molar refractivity (Wildman–Crippen MR) is 56.2 cm³/mol. The van der Waals surface area contributed by atoms with Gasteiger partial charge < -0.3 is 11.1 Å². The van der Waals surface area contributed by atoms with Crippen LogP contribution >= 0.6 is 0 Å². The van der Waals surface area contributed by atoms with E-state index in [0.717, 1.165) is 0 Å². The third-order valence-corrected chi connectivity index (χ3v) is 2.44. The molecule has 0 saturated carbocycles. The summed E-state index contributed by atoms with van der Waals surface area (Å²) in [6, 6.07) is -0.587. The Labute approximate surface area is 89.2 Å². The quantitative estimate of drug-likeness (QED) is 0.554. The highest BCUT2D eigenvalue weighted by molar-refractivity contribution is 5.96. The summed E-state index contributed by atoms with van der Waals surface area (Å²) in [6.07, 6.45) is 0. The van der Waals surface area contributed by atoms with Gasteiger partial charge in [0.2, 0.25) is 5.91 Å². The number of carbonyl (C=O) groups excluding carboxylic acids is 2. The number of likely N-dealkylation sites (tertiary alicyclic amines) is 1. The number of carbonyl (C=O) groups is 2. The molecule has 0 aromatic heterocycles. The van der Waals surface area contributed by atoms with Crippen LogP contribution in [0.2, 0.25) is 0 Å². The van der Waals surface area contributed by atoms with E-state index in [0.29, 0.717) is 19.6 Å². The van der Waals surface area contributed by atoms with Gasteiger partial charge in [0.25, 0.3) is 0 Å². The number of rotatable bonds is 3. The Kier molecular flexibility index (Phi) is 4.05. The smallest absolute Gasteiger partial charge is 0.321 e. The van der Waals surface area contributed by atoms with Gasteiger partial charge in [-0.25, -0.2) is 4.79 Å². The first kappa shape index (κ1) is 11.9. The summed E-state index contributed by atoms with van der Waals surface area (Å²) in [7, 11) is 0. The minimum Gasteiger partial charge on any atom is -0.338 e. The van der Waals surface area contributed by atoms with Crippen molar-refractivity contribution in [1.29, 1.82) is 0 Å².